The van der Waals surface area contributed by atoms with Crippen molar-refractivity contribution >= 4 is 5.97 Å². The second-order valence-corrected chi connectivity index (χ2v) is 3.75. The van der Waals surface area contributed by atoms with Gasteiger partial charge in [0.05, 0.1) is 7.11 Å². The normalized spacial score (nSPS) is 11.9. The van der Waals surface area contributed by atoms with Crippen molar-refractivity contribution in [2.45, 2.75) is 19.8 Å². The Bertz CT molecular complexity index is 421. The zero-order valence-corrected chi connectivity index (χ0v) is 9.87. The van der Waals surface area contributed by atoms with Crippen molar-refractivity contribution in [3.05, 3.63) is 41.2 Å². The van der Waals surface area contributed by atoms with Gasteiger partial charge in [-0.3, -0.25) is 0 Å². The molecule has 0 saturated heterocycles. The predicted octanol–water partition coefficient (Wildman–Crippen LogP) is 2.96. The first kappa shape index (κ1) is 13.2. The summed E-state index contributed by atoms with van der Waals surface area (Å²) in [5.74, 6) is -1.80. The molecule has 4 heteroatoms. The number of rotatable bonds is 5. The van der Waals surface area contributed by atoms with Gasteiger partial charge in [0.1, 0.15) is 5.75 Å². The van der Waals surface area contributed by atoms with Crippen LogP contribution in [0.3, 0.4) is 0 Å². The third kappa shape index (κ3) is 3.90. The van der Waals surface area contributed by atoms with E-state index >= 15 is 0 Å². The Labute approximate surface area is 99.5 Å². The predicted molar refractivity (Wildman–Crippen MR) is 62.8 cm³/mol. The zero-order chi connectivity index (χ0) is 12.8. The third-order valence-corrected chi connectivity index (χ3v) is 2.51. The molecule has 17 heavy (non-hydrogen) atoms. The van der Waals surface area contributed by atoms with Gasteiger partial charge in [0, 0.05) is 0 Å². The van der Waals surface area contributed by atoms with Crippen LogP contribution in [-0.2, 0) is 11.2 Å². The average Bonchev–Trinajstić information content (AvgIpc) is 2.35. The van der Waals surface area contributed by atoms with E-state index in [0.29, 0.717) is 12.8 Å². The van der Waals surface area contributed by atoms with Crippen molar-refractivity contribution in [3.63, 3.8) is 0 Å². The standard InChI is InChI=1S/C13H15FO3/c1-9(12(14)13(15)16)3-4-10-5-7-11(17-2)8-6-10/h5-8H,3-4H2,1-2H3,(H,15,16). The smallest absolute Gasteiger partial charge is 0.364 e. The lowest BCUT2D eigenvalue weighted by atomic mass is 10.0. The van der Waals surface area contributed by atoms with Gasteiger partial charge in [0.15, 0.2) is 0 Å². The summed E-state index contributed by atoms with van der Waals surface area (Å²) >= 11 is 0. The molecule has 3 nitrogen and oxygen atoms in total. The van der Waals surface area contributed by atoms with Gasteiger partial charge in [-0.1, -0.05) is 12.1 Å². The second kappa shape index (κ2) is 6.03. The SMILES string of the molecule is COc1ccc(CCC(C)=C(F)C(=O)O)cc1. The van der Waals surface area contributed by atoms with E-state index in [2.05, 4.69) is 0 Å². The number of ether oxygens (including phenoxy) is 1. The van der Waals surface area contributed by atoms with Gasteiger partial charge >= 0.3 is 5.97 Å². The Morgan fingerprint density at radius 3 is 2.41 bits per heavy atom. The highest BCUT2D eigenvalue weighted by molar-refractivity contribution is 5.84. The molecule has 0 aromatic heterocycles. The number of methoxy groups -OCH3 is 1. The number of aryl methyl sites for hydroxylation is 1. The lowest BCUT2D eigenvalue weighted by molar-refractivity contribution is -0.134. The molecule has 0 amide bonds. The Kier molecular flexibility index (Phi) is 4.69. The van der Waals surface area contributed by atoms with Crippen LogP contribution in [0.15, 0.2) is 35.7 Å². The monoisotopic (exact) mass is 238 g/mol. The molecule has 0 unspecified atom stereocenters. The maximum Gasteiger partial charge on any atom is 0.364 e. The van der Waals surface area contributed by atoms with Crippen LogP contribution < -0.4 is 4.74 Å². The van der Waals surface area contributed by atoms with Gasteiger partial charge in [0.25, 0.3) is 0 Å². The zero-order valence-electron chi connectivity index (χ0n) is 9.87. The van der Waals surface area contributed by atoms with Crippen molar-refractivity contribution < 1.29 is 19.0 Å². The van der Waals surface area contributed by atoms with Crippen molar-refractivity contribution in [1.29, 1.82) is 0 Å². The molecule has 1 aromatic rings. The summed E-state index contributed by atoms with van der Waals surface area (Å²) in [4.78, 5) is 10.4. The van der Waals surface area contributed by atoms with E-state index in [1.165, 1.54) is 6.92 Å². The summed E-state index contributed by atoms with van der Waals surface area (Å²) < 4.78 is 18.0. The quantitative estimate of drug-likeness (QED) is 0.802. The topological polar surface area (TPSA) is 46.5 Å². The van der Waals surface area contributed by atoms with Crippen LogP contribution in [0.5, 0.6) is 5.75 Å². The number of benzene rings is 1. The van der Waals surface area contributed by atoms with Gasteiger partial charge in [-0.15, -0.1) is 0 Å². The number of hydrogen-bond acceptors (Lipinski definition) is 2. The highest BCUT2D eigenvalue weighted by Gasteiger charge is 2.09. The van der Waals surface area contributed by atoms with E-state index in [1.54, 1.807) is 7.11 Å². The molecule has 0 saturated carbocycles. The average molecular weight is 238 g/mol. The molecule has 0 aliphatic rings. The van der Waals surface area contributed by atoms with E-state index in [-0.39, 0.29) is 5.57 Å². The third-order valence-electron chi connectivity index (χ3n) is 2.51. The van der Waals surface area contributed by atoms with Gasteiger partial charge in [0.2, 0.25) is 5.83 Å². The van der Waals surface area contributed by atoms with E-state index < -0.39 is 11.8 Å². The summed E-state index contributed by atoms with van der Waals surface area (Å²) in [7, 11) is 1.59. The Hall–Kier alpha value is -1.84. The Morgan fingerprint density at radius 2 is 1.94 bits per heavy atom. The van der Waals surface area contributed by atoms with Gasteiger partial charge in [-0.2, -0.15) is 4.39 Å². The molecule has 0 atom stereocenters. The molecule has 0 aliphatic heterocycles. The minimum atomic E-state index is -1.50. The van der Waals surface area contributed by atoms with Crippen LogP contribution in [-0.4, -0.2) is 18.2 Å². The Morgan fingerprint density at radius 1 is 1.35 bits per heavy atom. The molecule has 0 spiro atoms. The minimum absolute atomic E-state index is 0.258. The molecule has 0 aliphatic carbocycles. The van der Waals surface area contributed by atoms with Crippen LogP contribution in [0.4, 0.5) is 4.39 Å². The van der Waals surface area contributed by atoms with Crippen LogP contribution >= 0.6 is 0 Å². The highest BCUT2D eigenvalue weighted by atomic mass is 19.1. The van der Waals surface area contributed by atoms with Crippen LogP contribution in [0.2, 0.25) is 0 Å². The first-order valence-electron chi connectivity index (χ1n) is 5.26. The fourth-order valence-electron chi connectivity index (χ4n) is 1.42. The number of hydrogen-bond donors (Lipinski definition) is 1. The fourth-order valence-corrected chi connectivity index (χ4v) is 1.42. The first-order chi connectivity index (χ1) is 8.04. The summed E-state index contributed by atoms with van der Waals surface area (Å²) in [6.07, 6.45) is 1.00. The van der Waals surface area contributed by atoms with E-state index in [4.69, 9.17) is 9.84 Å². The second-order valence-electron chi connectivity index (χ2n) is 3.75. The van der Waals surface area contributed by atoms with E-state index in [9.17, 15) is 9.18 Å². The molecular formula is C13H15FO3. The number of allylic oxidation sites excluding steroid dienone is 1. The maximum atomic E-state index is 13.0. The molecule has 92 valence electrons. The number of halogens is 1. The number of aliphatic carboxylic acids is 1. The number of carbonyl (C=O) groups is 1. The first-order valence-corrected chi connectivity index (χ1v) is 5.26. The Balaban J connectivity index is 2.61. The summed E-state index contributed by atoms with van der Waals surface area (Å²) in [6, 6.07) is 7.40. The largest absolute Gasteiger partial charge is 0.497 e. The lowest BCUT2D eigenvalue weighted by Crippen LogP contribution is -1.99. The van der Waals surface area contributed by atoms with Crippen molar-refractivity contribution in [3.8, 4) is 5.75 Å². The van der Waals surface area contributed by atoms with Crippen LogP contribution in [0.25, 0.3) is 0 Å². The number of carboxylic acids is 1. The molecule has 1 aromatic carbocycles. The van der Waals surface area contributed by atoms with E-state index in [1.807, 2.05) is 24.3 Å². The molecule has 0 heterocycles. The van der Waals surface area contributed by atoms with Crippen molar-refractivity contribution in [1.82, 2.24) is 0 Å². The molecular weight excluding hydrogens is 223 g/mol. The molecule has 1 N–H and O–H groups in total. The molecule has 1 rings (SSSR count). The van der Waals surface area contributed by atoms with Gasteiger partial charge < -0.3 is 9.84 Å². The fraction of sp³-hybridized carbons (Fsp3) is 0.308. The molecule has 0 fully saturated rings. The summed E-state index contributed by atoms with van der Waals surface area (Å²) in [6.45, 7) is 1.49. The maximum absolute atomic E-state index is 13.0. The van der Waals surface area contributed by atoms with Crippen molar-refractivity contribution in [2.75, 3.05) is 7.11 Å². The number of carboxylic acid groups (broad SMARTS) is 1. The summed E-state index contributed by atoms with van der Waals surface area (Å²) in [5.41, 5.74) is 1.27. The molecule has 0 bridgehead atoms. The van der Waals surface area contributed by atoms with Crippen molar-refractivity contribution in [2.24, 2.45) is 0 Å². The minimum Gasteiger partial charge on any atom is -0.497 e. The highest BCUT2D eigenvalue weighted by Crippen LogP contribution is 2.16. The summed E-state index contributed by atoms with van der Waals surface area (Å²) in [5, 5.41) is 8.47. The lowest BCUT2D eigenvalue weighted by Gasteiger charge is -2.04. The van der Waals surface area contributed by atoms with Gasteiger partial charge in [-0.25, -0.2) is 4.79 Å². The van der Waals surface area contributed by atoms with E-state index in [0.717, 1.165) is 11.3 Å². The van der Waals surface area contributed by atoms with Gasteiger partial charge in [-0.05, 0) is 43.0 Å². The van der Waals surface area contributed by atoms with Crippen LogP contribution in [0, 0.1) is 0 Å². The molecule has 0 radical (unpaired) electrons. The van der Waals surface area contributed by atoms with Crippen LogP contribution in [0.1, 0.15) is 18.9 Å².